The predicted molar refractivity (Wildman–Crippen MR) is 64.9 cm³/mol. The molecule has 16 heavy (non-hydrogen) atoms. The molecule has 1 unspecified atom stereocenters. The molecule has 1 aromatic heterocycles. The fourth-order valence-electron chi connectivity index (χ4n) is 2.09. The smallest absolute Gasteiger partial charge is 0.0711 e. The first-order valence-corrected chi connectivity index (χ1v) is 5.80. The summed E-state index contributed by atoms with van der Waals surface area (Å²) in [6, 6.07) is 8.25. The van der Waals surface area contributed by atoms with Gasteiger partial charge in [0.1, 0.15) is 0 Å². The van der Waals surface area contributed by atoms with Crippen LogP contribution in [-0.4, -0.2) is 24.7 Å². The number of H-pyrrole nitrogens is 1. The van der Waals surface area contributed by atoms with Crippen molar-refractivity contribution < 1.29 is 4.74 Å². The second-order valence-electron chi connectivity index (χ2n) is 4.01. The van der Waals surface area contributed by atoms with Crippen LogP contribution in [0.4, 0.5) is 0 Å². The molecule has 1 aromatic carbocycles. The zero-order valence-corrected chi connectivity index (χ0v) is 9.55. The second-order valence-corrected chi connectivity index (χ2v) is 4.41. The summed E-state index contributed by atoms with van der Waals surface area (Å²) in [6.07, 6.45) is 0. The summed E-state index contributed by atoms with van der Waals surface area (Å²) >= 11 is 6.14. The maximum absolute atomic E-state index is 6.14. The second kappa shape index (κ2) is 4.09. The third kappa shape index (κ3) is 1.71. The summed E-state index contributed by atoms with van der Waals surface area (Å²) in [6.45, 7) is 2.40. The third-order valence-electron chi connectivity index (χ3n) is 2.93. The van der Waals surface area contributed by atoms with Crippen molar-refractivity contribution in [2.45, 2.75) is 6.04 Å². The van der Waals surface area contributed by atoms with E-state index in [-0.39, 0.29) is 6.04 Å². The molecule has 2 heterocycles. The number of halogens is 1. The minimum absolute atomic E-state index is 0.247. The lowest BCUT2D eigenvalue weighted by Gasteiger charge is -2.22. The Morgan fingerprint density at radius 1 is 1.38 bits per heavy atom. The van der Waals surface area contributed by atoms with Crippen molar-refractivity contribution in [3.63, 3.8) is 0 Å². The molecule has 1 saturated heterocycles. The van der Waals surface area contributed by atoms with Gasteiger partial charge in [-0.1, -0.05) is 17.7 Å². The van der Waals surface area contributed by atoms with Gasteiger partial charge in [-0.05, 0) is 18.2 Å². The molecule has 2 N–H and O–H groups in total. The largest absolute Gasteiger partial charge is 0.378 e. The fourth-order valence-corrected chi connectivity index (χ4v) is 2.32. The van der Waals surface area contributed by atoms with Crippen LogP contribution in [0.1, 0.15) is 11.7 Å². The van der Waals surface area contributed by atoms with Crippen molar-refractivity contribution >= 4 is 22.5 Å². The van der Waals surface area contributed by atoms with Gasteiger partial charge in [0.2, 0.25) is 0 Å². The number of nitrogens with one attached hydrogen (secondary N) is 2. The van der Waals surface area contributed by atoms with E-state index >= 15 is 0 Å². The fraction of sp³-hybridized carbons (Fsp3) is 0.333. The quantitative estimate of drug-likeness (QED) is 0.798. The topological polar surface area (TPSA) is 37.0 Å². The van der Waals surface area contributed by atoms with Crippen molar-refractivity contribution in [3.05, 3.63) is 35.0 Å². The number of hydrogen-bond donors (Lipinski definition) is 2. The molecule has 84 valence electrons. The van der Waals surface area contributed by atoms with Gasteiger partial charge in [-0.3, -0.25) is 0 Å². The van der Waals surface area contributed by atoms with Gasteiger partial charge in [-0.25, -0.2) is 0 Å². The highest BCUT2D eigenvalue weighted by Crippen LogP contribution is 2.27. The molecule has 1 fully saturated rings. The molecule has 0 amide bonds. The van der Waals surface area contributed by atoms with Gasteiger partial charge in [0, 0.05) is 28.2 Å². The van der Waals surface area contributed by atoms with Crippen molar-refractivity contribution in [2.75, 3.05) is 19.8 Å². The Morgan fingerprint density at radius 2 is 2.31 bits per heavy atom. The summed E-state index contributed by atoms with van der Waals surface area (Å²) < 4.78 is 5.45. The van der Waals surface area contributed by atoms with Crippen LogP contribution in [0.25, 0.3) is 10.9 Å². The lowest BCUT2D eigenvalue weighted by molar-refractivity contribution is 0.0758. The zero-order valence-electron chi connectivity index (χ0n) is 8.79. The zero-order chi connectivity index (χ0) is 11.0. The van der Waals surface area contributed by atoms with Crippen molar-refractivity contribution in [3.8, 4) is 0 Å². The number of aromatic nitrogens is 1. The van der Waals surface area contributed by atoms with E-state index in [4.69, 9.17) is 16.3 Å². The maximum atomic E-state index is 6.14. The van der Waals surface area contributed by atoms with Gasteiger partial charge in [0.05, 0.1) is 19.3 Å². The Bertz CT molecular complexity index is 503. The van der Waals surface area contributed by atoms with E-state index in [2.05, 4.69) is 16.4 Å². The Kier molecular flexibility index (Phi) is 2.59. The SMILES string of the molecule is Clc1cccc2[nH]c(C3COCCN3)cc12. The van der Waals surface area contributed by atoms with E-state index in [1.807, 2.05) is 18.2 Å². The standard InChI is InChI=1S/C12H13ClN2O/c13-9-2-1-3-10-8(9)6-11(15-10)12-7-16-5-4-14-12/h1-3,6,12,14-15H,4-5,7H2. The average molecular weight is 237 g/mol. The highest BCUT2D eigenvalue weighted by atomic mass is 35.5. The van der Waals surface area contributed by atoms with Gasteiger partial charge in [0.25, 0.3) is 0 Å². The van der Waals surface area contributed by atoms with Crippen LogP contribution in [0, 0.1) is 0 Å². The number of benzene rings is 1. The minimum atomic E-state index is 0.247. The minimum Gasteiger partial charge on any atom is -0.378 e. The lowest BCUT2D eigenvalue weighted by atomic mass is 10.2. The summed E-state index contributed by atoms with van der Waals surface area (Å²) in [7, 11) is 0. The van der Waals surface area contributed by atoms with Gasteiger partial charge in [-0.2, -0.15) is 0 Å². The molecular formula is C12H13ClN2O. The molecule has 0 saturated carbocycles. The van der Waals surface area contributed by atoms with Gasteiger partial charge < -0.3 is 15.0 Å². The Balaban J connectivity index is 2.01. The van der Waals surface area contributed by atoms with Crippen LogP contribution in [0.3, 0.4) is 0 Å². The molecule has 0 spiro atoms. The lowest BCUT2D eigenvalue weighted by Crippen LogP contribution is -2.34. The monoisotopic (exact) mass is 236 g/mol. The van der Waals surface area contributed by atoms with E-state index in [1.165, 1.54) is 0 Å². The Labute approximate surface area is 98.7 Å². The number of ether oxygens (including phenoxy) is 1. The third-order valence-corrected chi connectivity index (χ3v) is 3.26. The highest BCUT2D eigenvalue weighted by Gasteiger charge is 2.17. The van der Waals surface area contributed by atoms with Crippen LogP contribution in [-0.2, 0) is 4.74 Å². The highest BCUT2D eigenvalue weighted by molar-refractivity contribution is 6.35. The average Bonchev–Trinajstić information content (AvgIpc) is 2.76. The van der Waals surface area contributed by atoms with Crippen molar-refractivity contribution in [1.29, 1.82) is 0 Å². The van der Waals surface area contributed by atoms with Crippen molar-refractivity contribution in [1.82, 2.24) is 10.3 Å². The predicted octanol–water partition coefficient (Wildman–Crippen LogP) is 2.48. The van der Waals surface area contributed by atoms with E-state index in [0.29, 0.717) is 6.61 Å². The van der Waals surface area contributed by atoms with E-state index in [1.54, 1.807) is 0 Å². The van der Waals surface area contributed by atoms with E-state index in [9.17, 15) is 0 Å². The molecule has 3 rings (SSSR count). The number of fused-ring (bicyclic) bond motifs is 1. The molecule has 0 aliphatic carbocycles. The summed E-state index contributed by atoms with van der Waals surface area (Å²) in [5.41, 5.74) is 2.22. The normalized spacial score (nSPS) is 21.4. The molecule has 1 aliphatic heterocycles. The van der Waals surface area contributed by atoms with Gasteiger partial charge in [-0.15, -0.1) is 0 Å². The van der Waals surface area contributed by atoms with Crippen LogP contribution in [0.15, 0.2) is 24.3 Å². The molecule has 1 atom stereocenters. The Hall–Kier alpha value is -1.03. The number of aromatic amines is 1. The van der Waals surface area contributed by atoms with Crippen LogP contribution in [0.2, 0.25) is 5.02 Å². The Morgan fingerprint density at radius 3 is 3.06 bits per heavy atom. The first-order valence-electron chi connectivity index (χ1n) is 5.43. The number of morpholine rings is 1. The molecule has 0 radical (unpaired) electrons. The van der Waals surface area contributed by atoms with E-state index < -0.39 is 0 Å². The van der Waals surface area contributed by atoms with Gasteiger partial charge >= 0.3 is 0 Å². The number of hydrogen-bond acceptors (Lipinski definition) is 2. The van der Waals surface area contributed by atoms with Crippen molar-refractivity contribution in [2.24, 2.45) is 0 Å². The summed E-state index contributed by atoms with van der Waals surface area (Å²) in [5.74, 6) is 0. The summed E-state index contributed by atoms with van der Waals surface area (Å²) in [4.78, 5) is 3.38. The molecule has 1 aliphatic rings. The van der Waals surface area contributed by atoms with Crippen LogP contribution >= 0.6 is 11.6 Å². The van der Waals surface area contributed by atoms with E-state index in [0.717, 1.165) is 34.8 Å². The van der Waals surface area contributed by atoms with Gasteiger partial charge in [0.15, 0.2) is 0 Å². The van der Waals surface area contributed by atoms with Crippen LogP contribution < -0.4 is 5.32 Å². The first-order chi connectivity index (χ1) is 7.84. The van der Waals surface area contributed by atoms with Crippen LogP contribution in [0.5, 0.6) is 0 Å². The molecule has 0 bridgehead atoms. The summed E-state index contributed by atoms with van der Waals surface area (Å²) in [5, 5.41) is 5.28. The molecule has 2 aromatic rings. The molecule has 4 heteroatoms. The molecular weight excluding hydrogens is 224 g/mol. The number of rotatable bonds is 1. The first kappa shape index (κ1) is 10.1. The maximum Gasteiger partial charge on any atom is 0.0711 e. The molecule has 3 nitrogen and oxygen atoms in total.